The van der Waals surface area contributed by atoms with Gasteiger partial charge in [-0.3, -0.25) is 4.79 Å². The molecule has 0 aromatic heterocycles. The van der Waals surface area contributed by atoms with E-state index < -0.39 is 17.5 Å². The topological polar surface area (TPSA) is 89.8 Å². The Hall–Kier alpha value is -2.76. The molecule has 0 unspecified atom stereocenters. The molecule has 0 bridgehead atoms. The van der Waals surface area contributed by atoms with Crippen LogP contribution in [0.2, 0.25) is 0 Å². The highest BCUT2D eigenvalue weighted by Gasteiger charge is 2.11. The van der Waals surface area contributed by atoms with Gasteiger partial charge in [-0.15, -0.1) is 0 Å². The summed E-state index contributed by atoms with van der Waals surface area (Å²) in [6.45, 7) is 0. The fourth-order valence-corrected chi connectivity index (χ4v) is 1.46. The number of carbonyl (C=O) groups excluding carboxylic acids is 1. The normalized spacial score (nSPS) is 10.2. The Morgan fingerprint density at radius 2 is 1.74 bits per heavy atom. The van der Waals surface area contributed by atoms with Crippen LogP contribution < -0.4 is 5.32 Å². The van der Waals surface area contributed by atoms with Crippen LogP contribution in [0.1, 0.15) is 10.4 Å². The molecule has 0 radical (unpaired) electrons. The van der Waals surface area contributed by atoms with E-state index in [2.05, 4.69) is 5.32 Å². The number of anilines is 1. The average Bonchev–Trinajstić information content (AvgIpc) is 2.36. The zero-order valence-electron chi connectivity index (χ0n) is 9.59. The van der Waals surface area contributed by atoms with E-state index in [0.717, 1.165) is 18.2 Å². The van der Waals surface area contributed by atoms with Crippen LogP contribution in [0.25, 0.3) is 0 Å². The molecule has 0 aliphatic rings. The quantitative estimate of drug-likeness (QED) is 0.494. The van der Waals surface area contributed by atoms with Crippen molar-refractivity contribution in [2.75, 3.05) is 5.32 Å². The molecular weight excluding hydrogens is 253 g/mol. The van der Waals surface area contributed by atoms with Crippen LogP contribution in [0.4, 0.5) is 10.1 Å². The number of amides is 1. The molecule has 2 aromatic carbocycles. The lowest BCUT2D eigenvalue weighted by Gasteiger charge is -2.07. The van der Waals surface area contributed by atoms with Crippen LogP contribution in [0.3, 0.4) is 0 Å². The molecule has 6 heteroatoms. The summed E-state index contributed by atoms with van der Waals surface area (Å²) in [5, 5.41) is 29.7. The predicted octanol–water partition coefficient (Wildman–Crippen LogP) is 2.19. The van der Waals surface area contributed by atoms with Gasteiger partial charge in [0, 0.05) is 11.6 Å². The van der Waals surface area contributed by atoms with E-state index in [9.17, 15) is 14.3 Å². The van der Waals surface area contributed by atoms with Gasteiger partial charge in [-0.25, -0.2) is 4.39 Å². The second-order valence-electron chi connectivity index (χ2n) is 3.82. The van der Waals surface area contributed by atoms with Crippen LogP contribution in [-0.4, -0.2) is 21.2 Å². The van der Waals surface area contributed by atoms with E-state index in [0.29, 0.717) is 0 Å². The molecule has 2 aromatic rings. The Balaban J connectivity index is 2.23. The van der Waals surface area contributed by atoms with Gasteiger partial charge in [-0.05, 0) is 30.3 Å². The maximum Gasteiger partial charge on any atom is 0.255 e. The number of halogens is 1. The van der Waals surface area contributed by atoms with Crippen molar-refractivity contribution in [3.05, 3.63) is 47.8 Å². The number of carbonyl (C=O) groups is 1. The molecule has 0 saturated carbocycles. The maximum atomic E-state index is 13.4. The highest BCUT2D eigenvalue weighted by atomic mass is 19.1. The molecule has 0 aliphatic carbocycles. The third-order valence-electron chi connectivity index (χ3n) is 2.44. The van der Waals surface area contributed by atoms with Gasteiger partial charge < -0.3 is 20.6 Å². The van der Waals surface area contributed by atoms with Crippen LogP contribution in [-0.2, 0) is 0 Å². The maximum absolute atomic E-state index is 13.4. The summed E-state index contributed by atoms with van der Waals surface area (Å²) < 4.78 is 13.4. The standard InChI is InChI=1S/C13H10FNO4/c14-9-6-8(16)2-3-10(9)15-13(19)7-1-4-11(17)12(18)5-7/h1-6,16-18H,(H,15,19). The van der Waals surface area contributed by atoms with Gasteiger partial charge in [0.15, 0.2) is 11.5 Å². The Labute approximate surface area is 107 Å². The lowest BCUT2D eigenvalue weighted by atomic mass is 10.2. The van der Waals surface area contributed by atoms with Crippen LogP contribution >= 0.6 is 0 Å². The average molecular weight is 263 g/mol. The summed E-state index contributed by atoms with van der Waals surface area (Å²) in [7, 11) is 0. The van der Waals surface area contributed by atoms with Crippen LogP contribution in [0.5, 0.6) is 17.2 Å². The van der Waals surface area contributed by atoms with Crippen LogP contribution in [0.15, 0.2) is 36.4 Å². The molecule has 0 fully saturated rings. The molecule has 0 aliphatic heterocycles. The number of phenols is 3. The third kappa shape index (κ3) is 2.74. The fourth-order valence-electron chi connectivity index (χ4n) is 1.46. The van der Waals surface area contributed by atoms with Crippen molar-refractivity contribution >= 4 is 11.6 Å². The highest BCUT2D eigenvalue weighted by Crippen LogP contribution is 2.26. The van der Waals surface area contributed by atoms with Gasteiger partial charge in [-0.1, -0.05) is 0 Å². The summed E-state index contributed by atoms with van der Waals surface area (Å²) in [6.07, 6.45) is 0. The number of hydrogen-bond acceptors (Lipinski definition) is 4. The second-order valence-corrected chi connectivity index (χ2v) is 3.82. The van der Waals surface area contributed by atoms with Gasteiger partial charge in [0.2, 0.25) is 0 Å². The zero-order valence-corrected chi connectivity index (χ0v) is 9.59. The van der Waals surface area contributed by atoms with Gasteiger partial charge >= 0.3 is 0 Å². The minimum atomic E-state index is -0.781. The number of aromatic hydroxyl groups is 3. The monoisotopic (exact) mass is 263 g/mol. The SMILES string of the molecule is O=C(Nc1ccc(O)cc1F)c1ccc(O)c(O)c1. The molecule has 0 saturated heterocycles. The Morgan fingerprint density at radius 1 is 1.00 bits per heavy atom. The van der Waals surface area contributed by atoms with Gasteiger partial charge in [0.25, 0.3) is 5.91 Å². The molecule has 98 valence electrons. The van der Waals surface area contributed by atoms with Crippen molar-refractivity contribution in [1.29, 1.82) is 0 Å². The van der Waals surface area contributed by atoms with Crippen LogP contribution in [0, 0.1) is 5.82 Å². The Morgan fingerprint density at radius 3 is 2.37 bits per heavy atom. The molecule has 0 atom stereocenters. The largest absolute Gasteiger partial charge is 0.508 e. The van der Waals surface area contributed by atoms with Crippen molar-refractivity contribution in [2.24, 2.45) is 0 Å². The van der Waals surface area contributed by atoms with E-state index in [1.165, 1.54) is 18.2 Å². The van der Waals surface area contributed by atoms with Gasteiger partial charge in [-0.2, -0.15) is 0 Å². The van der Waals surface area contributed by atoms with E-state index in [1.807, 2.05) is 0 Å². The first-order valence-corrected chi connectivity index (χ1v) is 5.29. The Kier molecular flexibility index (Phi) is 3.24. The molecular formula is C13H10FNO4. The molecule has 4 N–H and O–H groups in total. The van der Waals surface area contributed by atoms with Crippen molar-refractivity contribution in [1.82, 2.24) is 0 Å². The smallest absolute Gasteiger partial charge is 0.255 e. The fraction of sp³-hybridized carbons (Fsp3) is 0. The van der Waals surface area contributed by atoms with Gasteiger partial charge in [0.1, 0.15) is 11.6 Å². The number of rotatable bonds is 2. The number of phenolic OH excluding ortho intramolecular Hbond substituents is 3. The molecule has 2 rings (SSSR count). The minimum Gasteiger partial charge on any atom is -0.508 e. The Bertz CT molecular complexity index is 643. The van der Waals surface area contributed by atoms with Crippen molar-refractivity contribution in [3.63, 3.8) is 0 Å². The first kappa shape index (κ1) is 12.7. The van der Waals surface area contributed by atoms with E-state index in [-0.39, 0.29) is 22.7 Å². The minimum absolute atomic E-state index is 0.0581. The predicted molar refractivity (Wildman–Crippen MR) is 65.8 cm³/mol. The lowest BCUT2D eigenvalue weighted by molar-refractivity contribution is 0.102. The summed E-state index contributed by atoms with van der Waals surface area (Å²) in [4.78, 5) is 11.8. The number of benzene rings is 2. The highest BCUT2D eigenvalue weighted by molar-refractivity contribution is 6.04. The van der Waals surface area contributed by atoms with Gasteiger partial charge in [0.05, 0.1) is 5.69 Å². The van der Waals surface area contributed by atoms with E-state index >= 15 is 0 Å². The van der Waals surface area contributed by atoms with E-state index in [1.54, 1.807) is 0 Å². The number of nitrogens with one attached hydrogen (secondary N) is 1. The lowest BCUT2D eigenvalue weighted by Crippen LogP contribution is -2.12. The number of hydrogen-bond donors (Lipinski definition) is 4. The van der Waals surface area contributed by atoms with E-state index in [4.69, 9.17) is 10.2 Å². The summed E-state index contributed by atoms with van der Waals surface area (Å²) in [6, 6.07) is 6.79. The second kappa shape index (κ2) is 4.85. The van der Waals surface area contributed by atoms with Crippen molar-refractivity contribution < 1.29 is 24.5 Å². The first-order chi connectivity index (χ1) is 8.97. The van der Waals surface area contributed by atoms with Crippen molar-refractivity contribution in [3.8, 4) is 17.2 Å². The zero-order chi connectivity index (χ0) is 14.0. The molecule has 0 spiro atoms. The molecule has 1 amide bonds. The molecule has 5 nitrogen and oxygen atoms in total. The molecule has 19 heavy (non-hydrogen) atoms. The summed E-state index contributed by atoms with van der Waals surface area (Å²) in [5.74, 6) is -2.49. The third-order valence-corrected chi connectivity index (χ3v) is 2.44. The molecule has 0 heterocycles. The first-order valence-electron chi connectivity index (χ1n) is 5.29. The summed E-state index contributed by atoms with van der Waals surface area (Å²) >= 11 is 0. The van der Waals surface area contributed by atoms with Crippen molar-refractivity contribution in [2.45, 2.75) is 0 Å². The summed E-state index contributed by atoms with van der Waals surface area (Å²) in [5.41, 5.74) is -0.0434.